The summed E-state index contributed by atoms with van der Waals surface area (Å²) in [6, 6.07) is 3.98. The lowest BCUT2D eigenvalue weighted by Crippen LogP contribution is -2.23. The number of carboxylic acids is 2. The molecule has 0 aliphatic heterocycles. The van der Waals surface area contributed by atoms with Gasteiger partial charge in [-0.1, -0.05) is 30.2 Å². The van der Waals surface area contributed by atoms with Crippen molar-refractivity contribution in [2.75, 3.05) is 0 Å². The molecule has 0 saturated heterocycles. The first-order chi connectivity index (χ1) is 9.48. The molecule has 0 bridgehead atoms. The van der Waals surface area contributed by atoms with Crippen LogP contribution in [-0.2, 0) is 5.41 Å². The van der Waals surface area contributed by atoms with Crippen molar-refractivity contribution >= 4 is 11.9 Å². The molecule has 4 nitrogen and oxygen atoms in total. The standard InChI is InChI=1S/C16H12O4/c1-2-16(6-4-3-5-7-16)13-9-11(14(17)18)8-12(10-13)15(19)20/h1,3-6,8-10H,7H2,(H,17,18)(H,19,20). The Hall–Kier alpha value is -2.80. The van der Waals surface area contributed by atoms with Crippen LogP contribution in [0.4, 0.5) is 0 Å². The van der Waals surface area contributed by atoms with Gasteiger partial charge in [-0.2, -0.15) is 0 Å². The average Bonchev–Trinajstić information content (AvgIpc) is 2.47. The maximum Gasteiger partial charge on any atom is 0.335 e. The third kappa shape index (κ3) is 2.34. The van der Waals surface area contributed by atoms with E-state index in [4.69, 9.17) is 16.6 Å². The molecule has 1 atom stereocenters. The summed E-state index contributed by atoms with van der Waals surface area (Å²) in [5.41, 5.74) is -0.474. The molecule has 0 saturated carbocycles. The molecule has 2 rings (SSSR count). The molecule has 0 heterocycles. The summed E-state index contributed by atoms with van der Waals surface area (Å²) in [6.07, 6.45) is 13.4. The fourth-order valence-corrected chi connectivity index (χ4v) is 2.16. The number of terminal acetylenes is 1. The summed E-state index contributed by atoms with van der Waals surface area (Å²) in [5, 5.41) is 18.2. The SMILES string of the molecule is C#CC1(c2cc(C(=O)O)cc(C(=O)O)c2)C=CC=CC1. The minimum Gasteiger partial charge on any atom is -0.478 e. The Morgan fingerprint density at radius 2 is 1.70 bits per heavy atom. The van der Waals surface area contributed by atoms with Crippen molar-refractivity contribution in [3.05, 3.63) is 59.2 Å². The van der Waals surface area contributed by atoms with Crippen molar-refractivity contribution in [3.63, 3.8) is 0 Å². The van der Waals surface area contributed by atoms with Gasteiger partial charge in [0.2, 0.25) is 0 Å². The summed E-state index contributed by atoms with van der Waals surface area (Å²) in [4.78, 5) is 22.3. The van der Waals surface area contributed by atoms with E-state index in [2.05, 4.69) is 5.92 Å². The van der Waals surface area contributed by atoms with Gasteiger partial charge in [-0.15, -0.1) is 6.42 Å². The number of rotatable bonds is 3. The minimum absolute atomic E-state index is 0.0857. The average molecular weight is 268 g/mol. The lowest BCUT2D eigenvalue weighted by molar-refractivity contribution is 0.0696. The molecular formula is C16H12O4. The topological polar surface area (TPSA) is 74.6 Å². The van der Waals surface area contributed by atoms with Crippen LogP contribution in [0.5, 0.6) is 0 Å². The van der Waals surface area contributed by atoms with Gasteiger partial charge in [0.05, 0.1) is 16.5 Å². The molecule has 0 amide bonds. The molecule has 1 aliphatic rings. The molecule has 20 heavy (non-hydrogen) atoms. The quantitative estimate of drug-likeness (QED) is 0.826. The van der Waals surface area contributed by atoms with Crippen LogP contribution in [-0.4, -0.2) is 22.2 Å². The number of carbonyl (C=O) groups is 2. The summed E-state index contributed by atoms with van der Waals surface area (Å²) < 4.78 is 0. The molecule has 0 aromatic heterocycles. The van der Waals surface area contributed by atoms with Crippen LogP contribution in [0.25, 0.3) is 0 Å². The molecule has 0 fully saturated rings. The van der Waals surface area contributed by atoms with Crippen LogP contribution in [0.15, 0.2) is 42.5 Å². The summed E-state index contributed by atoms with van der Waals surface area (Å²) in [7, 11) is 0. The van der Waals surface area contributed by atoms with Crippen molar-refractivity contribution in [1.82, 2.24) is 0 Å². The lowest BCUT2D eigenvalue weighted by atomic mass is 9.75. The normalized spacial score (nSPS) is 20.4. The number of hydrogen-bond acceptors (Lipinski definition) is 2. The first-order valence-corrected chi connectivity index (χ1v) is 5.93. The van der Waals surface area contributed by atoms with E-state index in [1.807, 2.05) is 12.2 Å². The van der Waals surface area contributed by atoms with E-state index >= 15 is 0 Å². The molecule has 0 spiro atoms. The van der Waals surface area contributed by atoms with Gasteiger partial charge in [0.25, 0.3) is 0 Å². The maximum absolute atomic E-state index is 11.1. The van der Waals surface area contributed by atoms with Crippen molar-refractivity contribution in [3.8, 4) is 12.3 Å². The third-order valence-corrected chi connectivity index (χ3v) is 3.27. The van der Waals surface area contributed by atoms with Crippen molar-refractivity contribution in [2.45, 2.75) is 11.8 Å². The smallest absolute Gasteiger partial charge is 0.335 e. The first-order valence-electron chi connectivity index (χ1n) is 5.93. The van der Waals surface area contributed by atoms with Crippen LogP contribution in [0.2, 0.25) is 0 Å². The maximum atomic E-state index is 11.1. The Morgan fingerprint density at radius 3 is 2.10 bits per heavy atom. The van der Waals surface area contributed by atoms with E-state index in [1.54, 1.807) is 12.2 Å². The number of hydrogen-bond donors (Lipinski definition) is 2. The zero-order chi connectivity index (χ0) is 14.8. The van der Waals surface area contributed by atoms with Gasteiger partial charge in [-0.3, -0.25) is 0 Å². The Labute approximate surface area is 116 Å². The summed E-state index contributed by atoms with van der Waals surface area (Å²) >= 11 is 0. The second-order valence-electron chi connectivity index (χ2n) is 4.52. The van der Waals surface area contributed by atoms with E-state index in [0.29, 0.717) is 12.0 Å². The van der Waals surface area contributed by atoms with E-state index in [9.17, 15) is 9.59 Å². The van der Waals surface area contributed by atoms with E-state index in [-0.39, 0.29) is 11.1 Å². The summed E-state index contributed by atoms with van der Waals surface area (Å²) in [6.45, 7) is 0. The van der Waals surface area contributed by atoms with Crippen LogP contribution in [0.1, 0.15) is 32.7 Å². The van der Waals surface area contributed by atoms with E-state index < -0.39 is 17.4 Å². The lowest BCUT2D eigenvalue weighted by Gasteiger charge is -2.26. The van der Waals surface area contributed by atoms with E-state index in [1.165, 1.54) is 12.1 Å². The highest BCUT2D eigenvalue weighted by atomic mass is 16.4. The van der Waals surface area contributed by atoms with Crippen molar-refractivity contribution < 1.29 is 19.8 Å². The Bertz CT molecular complexity index is 644. The zero-order valence-electron chi connectivity index (χ0n) is 10.5. The van der Waals surface area contributed by atoms with Crippen LogP contribution < -0.4 is 0 Å². The van der Waals surface area contributed by atoms with Gasteiger partial charge in [0.1, 0.15) is 0 Å². The molecule has 1 aliphatic carbocycles. The van der Waals surface area contributed by atoms with Crippen molar-refractivity contribution in [2.24, 2.45) is 0 Å². The number of carboxylic acid groups (broad SMARTS) is 2. The fraction of sp³-hybridized carbons (Fsp3) is 0.125. The minimum atomic E-state index is -1.18. The van der Waals surface area contributed by atoms with Gasteiger partial charge in [-0.05, 0) is 30.2 Å². The Morgan fingerprint density at radius 1 is 1.10 bits per heavy atom. The molecule has 2 N–H and O–H groups in total. The van der Waals surface area contributed by atoms with Crippen molar-refractivity contribution in [1.29, 1.82) is 0 Å². The van der Waals surface area contributed by atoms with Gasteiger partial charge < -0.3 is 10.2 Å². The molecule has 4 heteroatoms. The summed E-state index contributed by atoms with van der Waals surface area (Å²) in [5.74, 6) is 0.275. The predicted molar refractivity (Wildman–Crippen MR) is 73.8 cm³/mol. The zero-order valence-corrected chi connectivity index (χ0v) is 10.5. The molecular weight excluding hydrogens is 256 g/mol. The first kappa shape index (κ1) is 13.6. The molecule has 0 radical (unpaired) electrons. The van der Waals surface area contributed by atoms with Gasteiger partial charge in [0.15, 0.2) is 0 Å². The van der Waals surface area contributed by atoms with E-state index in [0.717, 1.165) is 6.07 Å². The molecule has 1 aromatic carbocycles. The van der Waals surface area contributed by atoms with Gasteiger partial charge in [-0.25, -0.2) is 9.59 Å². The van der Waals surface area contributed by atoms with Crippen LogP contribution in [0.3, 0.4) is 0 Å². The fourth-order valence-electron chi connectivity index (χ4n) is 2.16. The monoisotopic (exact) mass is 268 g/mol. The van der Waals surface area contributed by atoms with Gasteiger partial charge in [0, 0.05) is 0 Å². The molecule has 1 aromatic rings. The molecule has 100 valence electrons. The Kier molecular flexibility index (Phi) is 3.45. The largest absolute Gasteiger partial charge is 0.478 e. The molecule has 1 unspecified atom stereocenters. The van der Waals surface area contributed by atoms with Crippen LogP contribution in [0, 0.1) is 12.3 Å². The second-order valence-corrected chi connectivity index (χ2v) is 4.52. The third-order valence-electron chi connectivity index (χ3n) is 3.27. The number of benzene rings is 1. The van der Waals surface area contributed by atoms with Gasteiger partial charge >= 0.3 is 11.9 Å². The highest BCUT2D eigenvalue weighted by Crippen LogP contribution is 2.33. The van der Waals surface area contributed by atoms with Crippen LogP contribution >= 0.6 is 0 Å². The Balaban J connectivity index is 2.64. The highest BCUT2D eigenvalue weighted by molar-refractivity contribution is 5.94. The number of aromatic carboxylic acids is 2. The highest BCUT2D eigenvalue weighted by Gasteiger charge is 2.29. The second kappa shape index (κ2) is 5.06. The number of allylic oxidation sites excluding steroid dienone is 4. The predicted octanol–water partition coefficient (Wildman–Crippen LogP) is 2.47.